The third kappa shape index (κ3) is 4.14. The van der Waals surface area contributed by atoms with Crippen molar-refractivity contribution >= 4 is 15.9 Å². The van der Waals surface area contributed by atoms with Crippen LogP contribution in [0.25, 0.3) is 0 Å². The summed E-state index contributed by atoms with van der Waals surface area (Å²) < 4.78 is 25.6. The minimum atomic E-state index is -3.64. The van der Waals surface area contributed by atoms with Crippen molar-refractivity contribution in [2.75, 3.05) is 13.1 Å². The summed E-state index contributed by atoms with van der Waals surface area (Å²) in [6.45, 7) is 0.0232. The van der Waals surface area contributed by atoms with Crippen LogP contribution >= 0.6 is 0 Å². The fourth-order valence-electron chi connectivity index (χ4n) is 1.24. The number of terminal acetylenes is 2. The first-order valence-electron chi connectivity index (χ1n) is 5.26. The Labute approximate surface area is 112 Å². The van der Waals surface area contributed by atoms with Crippen LogP contribution in [0.1, 0.15) is 10.4 Å². The van der Waals surface area contributed by atoms with Crippen LogP contribution in [0, 0.1) is 24.7 Å². The summed E-state index contributed by atoms with van der Waals surface area (Å²) in [6.07, 6.45) is 9.99. The largest absolute Gasteiger partial charge is 0.341 e. The molecule has 0 atom stereocenters. The number of carbonyl (C=O) groups excluding carboxylic acids is 1. The van der Waals surface area contributed by atoms with Gasteiger partial charge in [-0.2, -0.15) is 4.72 Å². The zero-order valence-electron chi connectivity index (χ0n) is 10.0. The van der Waals surface area contributed by atoms with E-state index in [1.807, 2.05) is 0 Å². The molecular formula is C13H12N2O3S. The van der Waals surface area contributed by atoms with Crippen molar-refractivity contribution in [1.82, 2.24) is 10.0 Å². The van der Waals surface area contributed by atoms with E-state index in [9.17, 15) is 13.2 Å². The molecule has 0 saturated carbocycles. The van der Waals surface area contributed by atoms with Crippen LogP contribution in [-0.4, -0.2) is 27.4 Å². The zero-order chi connectivity index (χ0) is 14.3. The van der Waals surface area contributed by atoms with Gasteiger partial charge in [0.2, 0.25) is 10.0 Å². The van der Waals surface area contributed by atoms with Crippen LogP contribution in [-0.2, 0) is 10.0 Å². The molecule has 98 valence electrons. The van der Waals surface area contributed by atoms with Crippen LogP contribution in [0.3, 0.4) is 0 Å². The van der Waals surface area contributed by atoms with Crippen LogP contribution in [0.4, 0.5) is 0 Å². The Balaban J connectivity index is 2.86. The highest BCUT2D eigenvalue weighted by Crippen LogP contribution is 2.10. The molecule has 0 heterocycles. The Morgan fingerprint density at radius 3 is 2.21 bits per heavy atom. The number of carbonyl (C=O) groups is 1. The van der Waals surface area contributed by atoms with Crippen molar-refractivity contribution in [2.24, 2.45) is 0 Å². The van der Waals surface area contributed by atoms with Gasteiger partial charge in [-0.15, -0.1) is 12.8 Å². The molecule has 6 heteroatoms. The fourth-order valence-corrected chi connectivity index (χ4v) is 2.17. The summed E-state index contributed by atoms with van der Waals surface area (Å²) in [5.41, 5.74) is 0.325. The van der Waals surface area contributed by atoms with E-state index < -0.39 is 10.0 Å². The van der Waals surface area contributed by atoms with E-state index in [1.54, 1.807) is 0 Å². The molecule has 0 fully saturated rings. The lowest BCUT2D eigenvalue weighted by atomic mass is 10.2. The molecular weight excluding hydrogens is 264 g/mol. The van der Waals surface area contributed by atoms with Crippen LogP contribution in [0.15, 0.2) is 29.2 Å². The van der Waals surface area contributed by atoms with Gasteiger partial charge in [-0.05, 0) is 24.3 Å². The monoisotopic (exact) mass is 276 g/mol. The molecule has 0 saturated heterocycles. The summed E-state index contributed by atoms with van der Waals surface area (Å²) in [5, 5.41) is 2.47. The summed E-state index contributed by atoms with van der Waals surface area (Å²) >= 11 is 0. The summed E-state index contributed by atoms with van der Waals surface area (Å²) in [4.78, 5) is 11.6. The molecule has 0 bridgehead atoms. The molecule has 1 aromatic rings. The smallest absolute Gasteiger partial charge is 0.252 e. The van der Waals surface area contributed by atoms with Gasteiger partial charge >= 0.3 is 0 Å². The minimum absolute atomic E-state index is 0.0382. The van der Waals surface area contributed by atoms with Crippen molar-refractivity contribution in [3.8, 4) is 24.7 Å². The van der Waals surface area contributed by atoms with Gasteiger partial charge in [0.25, 0.3) is 5.91 Å². The lowest BCUT2D eigenvalue weighted by molar-refractivity contribution is 0.0958. The van der Waals surface area contributed by atoms with Crippen molar-refractivity contribution in [2.45, 2.75) is 4.90 Å². The van der Waals surface area contributed by atoms with Gasteiger partial charge in [0.1, 0.15) is 0 Å². The molecule has 0 aliphatic rings. The van der Waals surface area contributed by atoms with Crippen LogP contribution < -0.4 is 10.0 Å². The minimum Gasteiger partial charge on any atom is -0.341 e. The molecule has 0 aliphatic heterocycles. The molecule has 1 rings (SSSR count). The second-order valence-electron chi connectivity index (χ2n) is 3.44. The lowest BCUT2D eigenvalue weighted by Gasteiger charge is -2.05. The third-order valence-corrected chi connectivity index (χ3v) is 3.56. The second kappa shape index (κ2) is 6.60. The van der Waals surface area contributed by atoms with Gasteiger partial charge in [0.05, 0.1) is 18.0 Å². The normalized spacial score (nSPS) is 10.2. The number of nitrogens with one attached hydrogen (secondary N) is 2. The first kappa shape index (κ1) is 14.8. The number of rotatable bonds is 5. The van der Waals surface area contributed by atoms with Gasteiger partial charge in [-0.25, -0.2) is 8.42 Å². The van der Waals surface area contributed by atoms with Gasteiger partial charge < -0.3 is 5.32 Å². The molecule has 19 heavy (non-hydrogen) atoms. The molecule has 0 radical (unpaired) electrons. The first-order valence-corrected chi connectivity index (χ1v) is 6.74. The topological polar surface area (TPSA) is 75.3 Å². The highest BCUT2D eigenvalue weighted by atomic mass is 32.2. The van der Waals surface area contributed by atoms with E-state index in [2.05, 4.69) is 21.9 Å². The summed E-state index contributed by atoms with van der Waals surface area (Å²) in [7, 11) is -3.64. The third-order valence-electron chi connectivity index (χ3n) is 2.14. The fraction of sp³-hybridized carbons (Fsp3) is 0.154. The van der Waals surface area contributed by atoms with Crippen LogP contribution in [0.5, 0.6) is 0 Å². The number of hydrogen-bond donors (Lipinski definition) is 2. The highest BCUT2D eigenvalue weighted by molar-refractivity contribution is 7.89. The lowest BCUT2D eigenvalue weighted by Crippen LogP contribution is -2.25. The predicted molar refractivity (Wildman–Crippen MR) is 71.6 cm³/mol. The highest BCUT2D eigenvalue weighted by Gasteiger charge is 2.13. The number of amides is 1. The quantitative estimate of drug-likeness (QED) is 0.741. The molecule has 5 nitrogen and oxygen atoms in total. The zero-order valence-corrected chi connectivity index (χ0v) is 10.8. The Kier molecular flexibility index (Phi) is 5.13. The maximum Gasteiger partial charge on any atom is 0.252 e. The van der Waals surface area contributed by atoms with Crippen molar-refractivity contribution in [1.29, 1.82) is 0 Å². The van der Waals surface area contributed by atoms with E-state index in [0.29, 0.717) is 5.56 Å². The van der Waals surface area contributed by atoms with Crippen molar-refractivity contribution in [3.63, 3.8) is 0 Å². The van der Waals surface area contributed by atoms with E-state index in [4.69, 9.17) is 12.8 Å². The molecule has 1 amide bonds. The number of hydrogen-bond acceptors (Lipinski definition) is 3. The van der Waals surface area contributed by atoms with Gasteiger partial charge in [0, 0.05) is 5.56 Å². The Hall–Kier alpha value is -2.28. The Bertz CT molecular complexity index is 634. The number of sulfonamides is 1. The van der Waals surface area contributed by atoms with Gasteiger partial charge in [-0.1, -0.05) is 11.8 Å². The standard InChI is InChI=1S/C13H12N2O3S/c1-3-9-14-13(16)11-5-7-12(8-6-11)19(17,18)15-10-4-2/h1-2,5-8,15H,9-10H2,(H,14,16). The van der Waals surface area contributed by atoms with E-state index in [1.165, 1.54) is 24.3 Å². The average molecular weight is 276 g/mol. The van der Waals surface area contributed by atoms with Crippen LogP contribution in [0.2, 0.25) is 0 Å². The maximum absolute atomic E-state index is 11.7. The summed E-state index contributed by atoms with van der Waals surface area (Å²) in [5.74, 6) is 4.08. The van der Waals surface area contributed by atoms with Crippen molar-refractivity contribution in [3.05, 3.63) is 29.8 Å². The molecule has 0 aliphatic carbocycles. The number of benzene rings is 1. The van der Waals surface area contributed by atoms with Gasteiger partial charge in [-0.3, -0.25) is 4.79 Å². The molecule has 0 aromatic heterocycles. The Morgan fingerprint density at radius 2 is 1.68 bits per heavy atom. The molecule has 0 spiro atoms. The van der Waals surface area contributed by atoms with Crippen molar-refractivity contribution < 1.29 is 13.2 Å². The first-order chi connectivity index (χ1) is 9.01. The van der Waals surface area contributed by atoms with Gasteiger partial charge in [0.15, 0.2) is 0 Å². The molecule has 0 unspecified atom stereocenters. The average Bonchev–Trinajstić information content (AvgIpc) is 2.42. The SMILES string of the molecule is C#CCNC(=O)c1ccc(S(=O)(=O)NCC#C)cc1. The summed E-state index contributed by atoms with van der Waals surface area (Å²) in [6, 6.07) is 5.44. The molecule has 2 N–H and O–H groups in total. The van der Waals surface area contributed by atoms with E-state index in [0.717, 1.165) is 0 Å². The molecule has 1 aromatic carbocycles. The predicted octanol–water partition coefficient (Wildman–Crippen LogP) is -0.0389. The second-order valence-corrected chi connectivity index (χ2v) is 5.21. The maximum atomic E-state index is 11.7. The van der Waals surface area contributed by atoms with E-state index >= 15 is 0 Å². The van der Waals surface area contributed by atoms with E-state index in [-0.39, 0.29) is 23.9 Å². The Morgan fingerprint density at radius 1 is 1.11 bits per heavy atom.